The number of benzene rings is 3. The average Bonchev–Trinajstić information content (AvgIpc) is 3.22. The lowest BCUT2D eigenvalue weighted by Gasteiger charge is -2.13. The Morgan fingerprint density at radius 1 is 1.06 bits per heavy atom. The van der Waals surface area contributed by atoms with Gasteiger partial charge < -0.3 is 5.32 Å². The first kappa shape index (κ1) is 22.2. The zero-order valence-electron chi connectivity index (χ0n) is 17.9. The summed E-state index contributed by atoms with van der Waals surface area (Å²) in [4.78, 5) is 17.8. The van der Waals surface area contributed by atoms with E-state index in [2.05, 4.69) is 45.2 Å². The van der Waals surface area contributed by atoms with Crippen LogP contribution in [-0.4, -0.2) is 20.7 Å². The third-order valence-corrected chi connectivity index (χ3v) is 5.85. The van der Waals surface area contributed by atoms with E-state index in [0.717, 1.165) is 32.5 Å². The number of rotatable bonds is 5. The van der Waals surface area contributed by atoms with Gasteiger partial charge in [-0.1, -0.05) is 77.8 Å². The molecule has 3 aromatic carbocycles. The summed E-state index contributed by atoms with van der Waals surface area (Å²) in [6.07, 6.45) is 0. The van der Waals surface area contributed by atoms with E-state index < -0.39 is 0 Å². The number of carbonyl (C=O) groups is 1. The van der Waals surface area contributed by atoms with Gasteiger partial charge in [-0.15, -0.1) is 5.10 Å². The van der Waals surface area contributed by atoms with Gasteiger partial charge in [-0.05, 0) is 54.3 Å². The SMILES string of the molecule is Cc1ccc(Cl)cc1-n1nc(C(=O)Nc2ccc(Br)cc2C(C)C)nc1-c1ccccc1. The summed E-state index contributed by atoms with van der Waals surface area (Å²) in [7, 11) is 0. The van der Waals surface area contributed by atoms with Gasteiger partial charge in [0.25, 0.3) is 5.91 Å². The Morgan fingerprint density at radius 3 is 2.53 bits per heavy atom. The molecular weight excluding hydrogens is 488 g/mol. The summed E-state index contributed by atoms with van der Waals surface area (Å²) in [6.45, 7) is 6.14. The molecule has 0 atom stereocenters. The Balaban J connectivity index is 1.78. The normalized spacial score (nSPS) is 11.1. The summed E-state index contributed by atoms with van der Waals surface area (Å²) in [5, 5.41) is 8.14. The van der Waals surface area contributed by atoms with Crippen LogP contribution < -0.4 is 5.32 Å². The van der Waals surface area contributed by atoms with Crippen LogP contribution in [-0.2, 0) is 0 Å². The fourth-order valence-corrected chi connectivity index (χ4v) is 4.01. The molecule has 0 bridgehead atoms. The number of carbonyl (C=O) groups excluding carboxylic acids is 1. The van der Waals surface area contributed by atoms with Crippen molar-refractivity contribution in [2.75, 3.05) is 5.32 Å². The van der Waals surface area contributed by atoms with Crippen LogP contribution in [0, 0.1) is 6.92 Å². The predicted molar refractivity (Wildman–Crippen MR) is 133 cm³/mol. The lowest BCUT2D eigenvalue weighted by Crippen LogP contribution is -2.16. The smallest absolute Gasteiger partial charge is 0.295 e. The molecule has 1 N–H and O–H groups in total. The van der Waals surface area contributed by atoms with Gasteiger partial charge in [0, 0.05) is 20.7 Å². The van der Waals surface area contributed by atoms with E-state index in [4.69, 9.17) is 11.6 Å². The van der Waals surface area contributed by atoms with Crippen LogP contribution in [0.25, 0.3) is 17.1 Å². The van der Waals surface area contributed by atoms with E-state index in [1.54, 1.807) is 4.68 Å². The number of aryl methyl sites for hydroxylation is 1. The Morgan fingerprint density at radius 2 is 1.81 bits per heavy atom. The van der Waals surface area contributed by atoms with Gasteiger partial charge in [0.1, 0.15) is 0 Å². The molecule has 0 spiro atoms. The summed E-state index contributed by atoms with van der Waals surface area (Å²) >= 11 is 9.76. The molecule has 4 rings (SSSR count). The maximum Gasteiger partial charge on any atom is 0.295 e. The minimum absolute atomic E-state index is 0.0841. The van der Waals surface area contributed by atoms with Gasteiger partial charge in [-0.2, -0.15) is 0 Å². The summed E-state index contributed by atoms with van der Waals surface area (Å²) < 4.78 is 2.64. The Bertz CT molecular complexity index is 1280. The van der Waals surface area contributed by atoms with Crippen molar-refractivity contribution in [3.63, 3.8) is 0 Å². The highest BCUT2D eigenvalue weighted by Gasteiger charge is 2.21. The fraction of sp³-hybridized carbons (Fsp3) is 0.160. The van der Waals surface area contributed by atoms with Crippen LogP contribution in [0.1, 0.15) is 41.5 Å². The van der Waals surface area contributed by atoms with Crippen molar-refractivity contribution < 1.29 is 4.79 Å². The maximum absolute atomic E-state index is 13.2. The van der Waals surface area contributed by atoms with Gasteiger partial charge in [0.2, 0.25) is 5.82 Å². The minimum Gasteiger partial charge on any atom is -0.319 e. The highest BCUT2D eigenvalue weighted by molar-refractivity contribution is 9.10. The second kappa shape index (κ2) is 9.27. The molecule has 0 radical (unpaired) electrons. The predicted octanol–water partition coefficient (Wildman–Crippen LogP) is 7.03. The number of halogens is 2. The molecule has 0 unspecified atom stereocenters. The van der Waals surface area contributed by atoms with E-state index in [1.807, 2.05) is 73.7 Å². The summed E-state index contributed by atoms with van der Waals surface area (Å²) in [5.41, 5.74) is 4.36. The molecule has 1 aromatic heterocycles. The Labute approximate surface area is 200 Å². The molecule has 1 heterocycles. The number of amides is 1. The number of hydrogen-bond acceptors (Lipinski definition) is 3. The number of anilines is 1. The first-order valence-corrected chi connectivity index (χ1v) is 11.4. The quantitative estimate of drug-likeness (QED) is 0.314. The zero-order valence-corrected chi connectivity index (χ0v) is 20.3. The molecule has 162 valence electrons. The fourth-order valence-electron chi connectivity index (χ4n) is 3.46. The second-order valence-corrected chi connectivity index (χ2v) is 9.16. The van der Waals surface area contributed by atoms with Crippen LogP contribution in [0.2, 0.25) is 5.02 Å². The number of nitrogens with one attached hydrogen (secondary N) is 1. The van der Waals surface area contributed by atoms with Crippen molar-refractivity contribution in [2.24, 2.45) is 0 Å². The standard InChI is InChI=1S/C25H22BrClN4O/c1-15(2)20-13-18(26)10-12-21(20)28-25(32)23-29-24(17-7-5-4-6-8-17)31(30-23)22-14-19(27)11-9-16(22)3/h4-15H,1-3H3,(H,28,32). The van der Waals surface area contributed by atoms with Crippen LogP contribution in [0.4, 0.5) is 5.69 Å². The molecule has 5 nitrogen and oxygen atoms in total. The number of nitrogens with zero attached hydrogens (tertiary/aromatic N) is 3. The van der Waals surface area contributed by atoms with E-state index >= 15 is 0 Å². The van der Waals surface area contributed by atoms with Crippen molar-refractivity contribution in [1.82, 2.24) is 14.8 Å². The second-order valence-electron chi connectivity index (χ2n) is 7.81. The molecule has 0 saturated heterocycles. The number of hydrogen-bond donors (Lipinski definition) is 1. The minimum atomic E-state index is -0.371. The van der Waals surface area contributed by atoms with Gasteiger partial charge in [0.15, 0.2) is 5.82 Å². The zero-order chi connectivity index (χ0) is 22.8. The Kier molecular flexibility index (Phi) is 6.44. The van der Waals surface area contributed by atoms with Crippen molar-refractivity contribution in [2.45, 2.75) is 26.7 Å². The van der Waals surface area contributed by atoms with Crippen molar-refractivity contribution >= 4 is 39.1 Å². The van der Waals surface area contributed by atoms with E-state index in [-0.39, 0.29) is 17.6 Å². The van der Waals surface area contributed by atoms with Gasteiger partial charge in [-0.25, -0.2) is 9.67 Å². The van der Waals surface area contributed by atoms with Crippen molar-refractivity contribution in [3.05, 3.63) is 93.2 Å². The monoisotopic (exact) mass is 508 g/mol. The topological polar surface area (TPSA) is 59.8 Å². The maximum atomic E-state index is 13.2. The molecule has 0 aliphatic rings. The molecular formula is C25H22BrClN4O. The van der Waals surface area contributed by atoms with Crippen LogP contribution >= 0.6 is 27.5 Å². The third-order valence-electron chi connectivity index (χ3n) is 5.13. The lowest BCUT2D eigenvalue weighted by atomic mass is 10.0. The highest BCUT2D eigenvalue weighted by atomic mass is 79.9. The summed E-state index contributed by atoms with van der Waals surface area (Å²) in [5.74, 6) is 0.522. The van der Waals surface area contributed by atoms with E-state index in [1.165, 1.54) is 0 Å². The lowest BCUT2D eigenvalue weighted by molar-refractivity contribution is 0.101. The van der Waals surface area contributed by atoms with Crippen molar-refractivity contribution in [1.29, 1.82) is 0 Å². The molecule has 4 aromatic rings. The highest BCUT2D eigenvalue weighted by Crippen LogP contribution is 2.29. The first-order valence-electron chi connectivity index (χ1n) is 10.2. The van der Waals surface area contributed by atoms with Gasteiger partial charge in [0.05, 0.1) is 5.69 Å². The van der Waals surface area contributed by atoms with Gasteiger partial charge >= 0.3 is 0 Å². The van der Waals surface area contributed by atoms with E-state index in [9.17, 15) is 4.79 Å². The molecule has 0 aliphatic heterocycles. The van der Waals surface area contributed by atoms with Crippen LogP contribution in [0.3, 0.4) is 0 Å². The molecule has 7 heteroatoms. The molecule has 0 saturated carbocycles. The van der Waals surface area contributed by atoms with Crippen LogP contribution in [0.15, 0.2) is 71.2 Å². The Hall–Kier alpha value is -2.96. The van der Waals surface area contributed by atoms with Gasteiger partial charge in [-0.3, -0.25) is 4.79 Å². The number of aromatic nitrogens is 3. The third kappa shape index (κ3) is 4.61. The molecule has 0 fully saturated rings. The summed E-state index contributed by atoms with van der Waals surface area (Å²) in [6, 6.07) is 21.0. The average molecular weight is 510 g/mol. The largest absolute Gasteiger partial charge is 0.319 e. The van der Waals surface area contributed by atoms with Crippen molar-refractivity contribution in [3.8, 4) is 17.1 Å². The van der Waals surface area contributed by atoms with Crippen LogP contribution in [0.5, 0.6) is 0 Å². The molecule has 32 heavy (non-hydrogen) atoms. The van der Waals surface area contributed by atoms with E-state index in [0.29, 0.717) is 10.8 Å². The molecule has 1 amide bonds. The molecule has 0 aliphatic carbocycles. The first-order chi connectivity index (χ1) is 15.3.